The topological polar surface area (TPSA) is 72.0 Å². The van der Waals surface area contributed by atoms with Crippen LogP contribution in [0.5, 0.6) is 5.75 Å². The van der Waals surface area contributed by atoms with Gasteiger partial charge in [-0.3, -0.25) is 4.98 Å². The molecule has 0 atom stereocenters. The molecule has 1 aromatic carbocycles. The van der Waals surface area contributed by atoms with E-state index in [4.69, 9.17) is 4.52 Å². The third-order valence-corrected chi connectivity index (χ3v) is 2.77. The molecule has 0 aliphatic rings. The first kappa shape index (κ1) is 12.3. The number of hydrogen-bond acceptors (Lipinski definition) is 5. The fourth-order valence-corrected chi connectivity index (χ4v) is 1.79. The molecule has 3 rings (SSSR count). The molecule has 0 saturated carbocycles. The predicted molar refractivity (Wildman–Crippen MR) is 68.4 cm³/mol. The Hall–Kier alpha value is -2.76. The Kier molecular flexibility index (Phi) is 3.12. The van der Waals surface area contributed by atoms with E-state index < -0.39 is 0 Å². The minimum Gasteiger partial charge on any atom is -0.505 e. The smallest absolute Gasteiger partial charge is 0.261 e. The van der Waals surface area contributed by atoms with Gasteiger partial charge in [0.2, 0.25) is 0 Å². The van der Waals surface area contributed by atoms with Gasteiger partial charge in [0, 0.05) is 12.6 Å². The lowest BCUT2D eigenvalue weighted by molar-refractivity contribution is 0.418. The monoisotopic (exact) mass is 271 g/mol. The fourth-order valence-electron chi connectivity index (χ4n) is 1.79. The van der Waals surface area contributed by atoms with Crippen molar-refractivity contribution in [3.8, 4) is 17.2 Å². The number of hydrogen-bond donors (Lipinski definition) is 1. The van der Waals surface area contributed by atoms with E-state index in [1.54, 1.807) is 18.2 Å². The minimum atomic E-state index is -0.288. The number of pyridine rings is 1. The highest BCUT2D eigenvalue weighted by atomic mass is 19.1. The van der Waals surface area contributed by atoms with Gasteiger partial charge < -0.3 is 9.63 Å². The summed E-state index contributed by atoms with van der Waals surface area (Å²) in [7, 11) is 0. The lowest BCUT2D eigenvalue weighted by atomic mass is 10.1. The molecule has 0 aliphatic carbocycles. The van der Waals surface area contributed by atoms with Crippen LogP contribution in [0.4, 0.5) is 4.39 Å². The number of halogens is 1. The molecule has 20 heavy (non-hydrogen) atoms. The van der Waals surface area contributed by atoms with E-state index in [0.29, 0.717) is 17.8 Å². The van der Waals surface area contributed by atoms with E-state index in [1.807, 2.05) is 0 Å². The molecule has 0 spiro atoms. The highest BCUT2D eigenvalue weighted by Crippen LogP contribution is 2.26. The molecule has 0 bridgehead atoms. The molecule has 3 aromatic rings. The van der Waals surface area contributed by atoms with Crippen LogP contribution >= 0.6 is 0 Å². The highest BCUT2D eigenvalue weighted by molar-refractivity contribution is 5.60. The molecule has 0 saturated heterocycles. The molecule has 0 radical (unpaired) electrons. The number of nitrogens with zero attached hydrogens (tertiary/aromatic N) is 3. The van der Waals surface area contributed by atoms with Gasteiger partial charge in [0.15, 0.2) is 5.82 Å². The van der Waals surface area contributed by atoms with E-state index in [1.165, 1.54) is 24.5 Å². The van der Waals surface area contributed by atoms with Crippen molar-refractivity contribution < 1.29 is 14.0 Å². The van der Waals surface area contributed by atoms with Crippen molar-refractivity contribution >= 4 is 0 Å². The summed E-state index contributed by atoms with van der Waals surface area (Å²) < 4.78 is 17.9. The summed E-state index contributed by atoms with van der Waals surface area (Å²) in [6.45, 7) is 0. The third-order valence-electron chi connectivity index (χ3n) is 2.77. The van der Waals surface area contributed by atoms with Gasteiger partial charge in [-0.2, -0.15) is 4.98 Å². The second-order valence-electron chi connectivity index (χ2n) is 4.21. The van der Waals surface area contributed by atoms with Crippen molar-refractivity contribution in [3.05, 3.63) is 59.9 Å². The molecule has 6 heteroatoms. The highest BCUT2D eigenvalue weighted by Gasteiger charge is 2.12. The van der Waals surface area contributed by atoms with Crippen LogP contribution in [0.1, 0.15) is 11.4 Å². The minimum absolute atomic E-state index is 0.0236. The Morgan fingerprint density at radius 3 is 2.70 bits per heavy atom. The van der Waals surface area contributed by atoms with Crippen molar-refractivity contribution in [2.24, 2.45) is 0 Å². The average molecular weight is 271 g/mol. The van der Waals surface area contributed by atoms with Crippen molar-refractivity contribution in [1.29, 1.82) is 0 Å². The summed E-state index contributed by atoms with van der Waals surface area (Å²) in [5, 5.41) is 13.5. The van der Waals surface area contributed by atoms with Crippen LogP contribution < -0.4 is 0 Å². The van der Waals surface area contributed by atoms with Crippen LogP contribution in [0.15, 0.2) is 47.2 Å². The van der Waals surface area contributed by atoms with E-state index >= 15 is 0 Å². The summed E-state index contributed by atoms with van der Waals surface area (Å²) in [5.74, 6) is 0.374. The second-order valence-corrected chi connectivity index (χ2v) is 4.21. The largest absolute Gasteiger partial charge is 0.505 e. The fraction of sp³-hybridized carbons (Fsp3) is 0.0714. The van der Waals surface area contributed by atoms with Gasteiger partial charge in [-0.05, 0) is 23.8 Å². The quantitative estimate of drug-likeness (QED) is 0.792. The zero-order chi connectivity index (χ0) is 13.9. The lowest BCUT2D eigenvalue weighted by Crippen LogP contribution is -1.91. The maximum Gasteiger partial charge on any atom is 0.261 e. The van der Waals surface area contributed by atoms with Gasteiger partial charge in [-0.1, -0.05) is 17.3 Å². The third kappa shape index (κ3) is 2.49. The van der Waals surface area contributed by atoms with Crippen molar-refractivity contribution in [2.75, 3.05) is 0 Å². The summed E-state index contributed by atoms with van der Waals surface area (Å²) in [4.78, 5) is 7.98. The summed E-state index contributed by atoms with van der Waals surface area (Å²) >= 11 is 0. The zero-order valence-corrected chi connectivity index (χ0v) is 10.3. The molecule has 1 N–H and O–H groups in total. The number of benzene rings is 1. The van der Waals surface area contributed by atoms with Crippen LogP contribution in [-0.4, -0.2) is 20.2 Å². The molecular weight excluding hydrogens is 261 g/mol. The Labute approximate surface area is 113 Å². The SMILES string of the molecule is Oc1cnccc1-c1nc(Cc2ccc(F)cc2)no1. The van der Waals surface area contributed by atoms with Crippen molar-refractivity contribution in [1.82, 2.24) is 15.1 Å². The van der Waals surface area contributed by atoms with Crippen molar-refractivity contribution in [3.63, 3.8) is 0 Å². The van der Waals surface area contributed by atoms with E-state index in [0.717, 1.165) is 5.56 Å². The molecule has 0 amide bonds. The first-order valence-corrected chi connectivity index (χ1v) is 5.93. The molecule has 5 nitrogen and oxygen atoms in total. The average Bonchev–Trinajstić information content (AvgIpc) is 2.90. The lowest BCUT2D eigenvalue weighted by Gasteiger charge is -1.96. The molecular formula is C14H10FN3O2. The van der Waals surface area contributed by atoms with Crippen LogP contribution in [0, 0.1) is 5.82 Å². The zero-order valence-electron chi connectivity index (χ0n) is 10.3. The van der Waals surface area contributed by atoms with Gasteiger partial charge >= 0.3 is 0 Å². The van der Waals surface area contributed by atoms with Gasteiger partial charge in [0.25, 0.3) is 5.89 Å². The molecule has 0 aliphatic heterocycles. The van der Waals surface area contributed by atoms with Gasteiger partial charge in [-0.25, -0.2) is 4.39 Å². The molecule has 2 heterocycles. The van der Waals surface area contributed by atoms with Gasteiger partial charge in [-0.15, -0.1) is 0 Å². The van der Waals surface area contributed by atoms with Crippen molar-refractivity contribution in [2.45, 2.75) is 6.42 Å². The summed E-state index contributed by atoms with van der Waals surface area (Å²) in [6.07, 6.45) is 3.26. The Morgan fingerprint density at radius 2 is 1.95 bits per heavy atom. The van der Waals surface area contributed by atoms with Crippen LogP contribution in [0.2, 0.25) is 0 Å². The first-order chi connectivity index (χ1) is 9.72. The Balaban J connectivity index is 1.84. The Morgan fingerprint density at radius 1 is 1.15 bits per heavy atom. The number of rotatable bonds is 3. The second kappa shape index (κ2) is 5.08. The van der Waals surface area contributed by atoms with Gasteiger partial charge in [0.05, 0.1) is 11.8 Å². The van der Waals surface area contributed by atoms with E-state index in [2.05, 4.69) is 15.1 Å². The summed E-state index contributed by atoms with van der Waals surface area (Å²) in [6, 6.07) is 7.67. The molecule has 2 aromatic heterocycles. The summed E-state index contributed by atoms with van der Waals surface area (Å²) in [5.41, 5.74) is 1.30. The maximum atomic E-state index is 12.8. The van der Waals surface area contributed by atoms with Crippen LogP contribution in [0.25, 0.3) is 11.5 Å². The molecule has 0 unspecified atom stereocenters. The number of aromatic hydroxyl groups is 1. The van der Waals surface area contributed by atoms with E-state index in [-0.39, 0.29) is 17.5 Å². The maximum absolute atomic E-state index is 12.8. The Bertz CT molecular complexity index is 725. The number of aromatic nitrogens is 3. The van der Waals surface area contributed by atoms with Gasteiger partial charge in [0.1, 0.15) is 11.6 Å². The first-order valence-electron chi connectivity index (χ1n) is 5.93. The molecule has 100 valence electrons. The molecule has 0 fully saturated rings. The van der Waals surface area contributed by atoms with E-state index in [9.17, 15) is 9.50 Å². The normalized spacial score (nSPS) is 10.7. The van der Waals surface area contributed by atoms with Crippen LogP contribution in [0.3, 0.4) is 0 Å². The predicted octanol–water partition coefficient (Wildman–Crippen LogP) is 2.57. The standard InChI is InChI=1S/C14H10FN3O2/c15-10-3-1-9(2-4-10)7-13-17-14(20-18-13)11-5-6-16-8-12(11)19/h1-6,8,19H,7H2. The van der Waals surface area contributed by atoms with Crippen LogP contribution in [-0.2, 0) is 6.42 Å².